The van der Waals surface area contributed by atoms with Crippen molar-refractivity contribution in [3.8, 4) is 11.5 Å². The molecule has 1 aliphatic carbocycles. The first-order valence-corrected chi connectivity index (χ1v) is 6.26. The predicted molar refractivity (Wildman–Crippen MR) is 66.3 cm³/mol. The molecule has 92 valence electrons. The molecule has 0 atom stereocenters. The maximum atomic E-state index is 6.09. The van der Waals surface area contributed by atoms with Gasteiger partial charge in [-0.3, -0.25) is 0 Å². The second-order valence-corrected chi connectivity index (χ2v) is 5.75. The van der Waals surface area contributed by atoms with Gasteiger partial charge in [-0.15, -0.1) is 0 Å². The van der Waals surface area contributed by atoms with Crippen LogP contribution in [0, 0.1) is 0 Å². The van der Waals surface area contributed by atoms with Crippen molar-refractivity contribution < 1.29 is 9.47 Å². The summed E-state index contributed by atoms with van der Waals surface area (Å²) in [6, 6.07) is 6.18. The molecule has 17 heavy (non-hydrogen) atoms. The third-order valence-corrected chi connectivity index (χ3v) is 3.52. The topological polar surface area (TPSA) is 44.5 Å². The Balaban J connectivity index is 1.72. The molecule has 1 aromatic carbocycles. The highest BCUT2D eigenvalue weighted by atomic mass is 16.7. The van der Waals surface area contributed by atoms with E-state index in [2.05, 4.69) is 12.1 Å². The van der Waals surface area contributed by atoms with E-state index in [-0.39, 0.29) is 5.54 Å². The van der Waals surface area contributed by atoms with Gasteiger partial charge in [0, 0.05) is 19.4 Å². The Morgan fingerprint density at radius 2 is 1.88 bits per heavy atom. The summed E-state index contributed by atoms with van der Waals surface area (Å²) < 4.78 is 11.4. The van der Waals surface area contributed by atoms with Crippen LogP contribution in [0.1, 0.15) is 38.7 Å². The molecule has 0 radical (unpaired) electrons. The minimum atomic E-state index is -0.535. The van der Waals surface area contributed by atoms with Crippen LogP contribution in [0.25, 0.3) is 0 Å². The lowest BCUT2D eigenvalue weighted by Crippen LogP contribution is -2.29. The zero-order chi connectivity index (χ0) is 12.1. The van der Waals surface area contributed by atoms with Crippen LogP contribution in [0.2, 0.25) is 0 Å². The van der Waals surface area contributed by atoms with Gasteiger partial charge in [0.15, 0.2) is 11.5 Å². The summed E-state index contributed by atoms with van der Waals surface area (Å²) >= 11 is 0. The smallest absolute Gasteiger partial charge is 0.246 e. The molecule has 3 heteroatoms. The van der Waals surface area contributed by atoms with Crippen LogP contribution in [0.15, 0.2) is 18.2 Å². The van der Waals surface area contributed by atoms with Crippen LogP contribution in [0.3, 0.4) is 0 Å². The minimum absolute atomic E-state index is 0.121. The van der Waals surface area contributed by atoms with Gasteiger partial charge in [-0.05, 0) is 43.4 Å². The number of rotatable bonds is 3. The zero-order valence-electron chi connectivity index (χ0n) is 10.5. The number of nitrogens with two attached hydrogens (primary N) is 1. The van der Waals surface area contributed by atoms with E-state index in [4.69, 9.17) is 15.2 Å². The molecule has 1 aliphatic heterocycles. The minimum Gasteiger partial charge on any atom is -0.449 e. The summed E-state index contributed by atoms with van der Waals surface area (Å²) in [6.45, 7) is 3.84. The lowest BCUT2D eigenvalue weighted by molar-refractivity contribution is -0.0431. The number of benzene rings is 1. The van der Waals surface area contributed by atoms with Gasteiger partial charge in [-0.2, -0.15) is 0 Å². The molecular weight excluding hydrogens is 214 g/mol. The van der Waals surface area contributed by atoms with Crippen molar-refractivity contribution in [3.05, 3.63) is 23.8 Å². The predicted octanol–water partition coefficient (Wildman–Crippen LogP) is 2.62. The number of fused-ring (bicyclic) bond motifs is 1. The van der Waals surface area contributed by atoms with Crippen molar-refractivity contribution in [1.82, 2.24) is 0 Å². The number of ether oxygens (including phenoxy) is 2. The fourth-order valence-electron chi connectivity index (χ4n) is 2.23. The summed E-state index contributed by atoms with van der Waals surface area (Å²) in [5.74, 6) is 1.16. The van der Waals surface area contributed by atoms with Crippen LogP contribution in [0.5, 0.6) is 11.5 Å². The van der Waals surface area contributed by atoms with Crippen molar-refractivity contribution in [2.75, 3.05) is 0 Å². The molecule has 2 aliphatic rings. The van der Waals surface area contributed by atoms with Gasteiger partial charge < -0.3 is 15.2 Å². The zero-order valence-corrected chi connectivity index (χ0v) is 10.5. The van der Waals surface area contributed by atoms with Crippen molar-refractivity contribution in [3.63, 3.8) is 0 Å². The molecule has 0 bridgehead atoms. The molecule has 3 nitrogen and oxygen atoms in total. The molecule has 0 aromatic heterocycles. The van der Waals surface area contributed by atoms with Gasteiger partial charge in [-0.25, -0.2) is 0 Å². The lowest BCUT2D eigenvalue weighted by atomic mass is 10.0. The molecule has 0 amide bonds. The largest absolute Gasteiger partial charge is 0.449 e. The Hall–Kier alpha value is -1.22. The molecule has 1 fully saturated rings. The quantitative estimate of drug-likeness (QED) is 0.872. The Morgan fingerprint density at radius 3 is 2.59 bits per heavy atom. The summed E-state index contributed by atoms with van der Waals surface area (Å²) in [7, 11) is 0. The van der Waals surface area contributed by atoms with Crippen molar-refractivity contribution in [1.29, 1.82) is 0 Å². The normalized spacial score (nSPS) is 22.5. The van der Waals surface area contributed by atoms with E-state index in [0.717, 1.165) is 24.3 Å². The fraction of sp³-hybridized carbons (Fsp3) is 0.571. The van der Waals surface area contributed by atoms with Crippen LogP contribution in [0.4, 0.5) is 0 Å². The maximum absolute atomic E-state index is 6.09. The second kappa shape index (κ2) is 3.39. The molecular formula is C14H19NO2. The average molecular weight is 233 g/mol. The third kappa shape index (κ3) is 2.25. The van der Waals surface area contributed by atoms with Crippen molar-refractivity contribution >= 4 is 0 Å². The van der Waals surface area contributed by atoms with E-state index in [1.165, 1.54) is 18.4 Å². The Kier molecular flexibility index (Phi) is 2.17. The Morgan fingerprint density at radius 1 is 1.18 bits per heavy atom. The average Bonchev–Trinajstić information content (AvgIpc) is 2.88. The van der Waals surface area contributed by atoms with Crippen LogP contribution < -0.4 is 15.2 Å². The van der Waals surface area contributed by atoms with E-state index in [1.807, 2.05) is 19.9 Å². The molecule has 1 heterocycles. The summed E-state index contributed by atoms with van der Waals surface area (Å²) in [5.41, 5.74) is 7.49. The SMILES string of the molecule is CC1(C)Oc2ccc(CCC3(N)CC3)cc2O1. The van der Waals surface area contributed by atoms with E-state index < -0.39 is 5.79 Å². The summed E-state index contributed by atoms with van der Waals surface area (Å²) in [4.78, 5) is 0. The Labute approximate surface area is 102 Å². The van der Waals surface area contributed by atoms with Gasteiger partial charge >= 0.3 is 0 Å². The first-order valence-electron chi connectivity index (χ1n) is 6.26. The summed E-state index contributed by atoms with van der Waals surface area (Å²) in [5, 5.41) is 0. The van der Waals surface area contributed by atoms with Gasteiger partial charge in [0.05, 0.1) is 0 Å². The van der Waals surface area contributed by atoms with E-state index in [9.17, 15) is 0 Å². The number of aryl methyl sites for hydroxylation is 1. The fourth-order valence-corrected chi connectivity index (χ4v) is 2.23. The first kappa shape index (κ1) is 10.9. The highest BCUT2D eigenvalue weighted by Gasteiger charge is 2.37. The van der Waals surface area contributed by atoms with Gasteiger partial charge in [0.25, 0.3) is 0 Å². The third-order valence-electron chi connectivity index (χ3n) is 3.52. The van der Waals surface area contributed by atoms with Crippen LogP contribution in [-0.2, 0) is 6.42 Å². The van der Waals surface area contributed by atoms with Gasteiger partial charge in [0.1, 0.15) is 0 Å². The monoisotopic (exact) mass is 233 g/mol. The van der Waals surface area contributed by atoms with Crippen molar-refractivity contribution in [2.45, 2.75) is 50.9 Å². The van der Waals surface area contributed by atoms with Crippen LogP contribution in [-0.4, -0.2) is 11.3 Å². The Bertz CT molecular complexity index is 450. The molecule has 1 saturated carbocycles. The van der Waals surface area contributed by atoms with Crippen LogP contribution >= 0.6 is 0 Å². The standard InChI is InChI=1S/C14H19NO2/c1-13(2)16-11-4-3-10(9-12(11)17-13)5-6-14(15)7-8-14/h3-4,9H,5-8,15H2,1-2H3. The summed E-state index contributed by atoms with van der Waals surface area (Å²) in [6.07, 6.45) is 4.43. The van der Waals surface area contributed by atoms with E-state index in [0.29, 0.717) is 0 Å². The van der Waals surface area contributed by atoms with Gasteiger partial charge in [-0.1, -0.05) is 6.07 Å². The molecule has 1 aromatic rings. The molecule has 3 rings (SSSR count). The molecule has 0 unspecified atom stereocenters. The molecule has 0 saturated heterocycles. The maximum Gasteiger partial charge on any atom is 0.246 e. The highest BCUT2D eigenvalue weighted by molar-refractivity contribution is 5.45. The highest BCUT2D eigenvalue weighted by Crippen LogP contribution is 2.41. The van der Waals surface area contributed by atoms with E-state index in [1.54, 1.807) is 0 Å². The number of hydrogen-bond acceptors (Lipinski definition) is 3. The second-order valence-electron chi connectivity index (χ2n) is 5.75. The van der Waals surface area contributed by atoms with Crippen molar-refractivity contribution in [2.24, 2.45) is 5.73 Å². The molecule has 2 N–H and O–H groups in total. The lowest BCUT2D eigenvalue weighted by Gasteiger charge is -2.16. The number of hydrogen-bond donors (Lipinski definition) is 1. The molecule has 0 spiro atoms. The van der Waals surface area contributed by atoms with E-state index >= 15 is 0 Å². The van der Waals surface area contributed by atoms with Gasteiger partial charge in [0.2, 0.25) is 5.79 Å². The first-order chi connectivity index (χ1) is 7.96.